The van der Waals surface area contributed by atoms with Crippen LogP contribution in [0, 0.1) is 0 Å². The molecule has 0 spiro atoms. The largest absolute Gasteiger partial charge is 0.490 e. The minimum absolute atomic E-state index is 0.0270. The van der Waals surface area contributed by atoms with Crippen molar-refractivity contribution in [3.8, 4) is 5.75 Å². The Kier molecular flexibility index (Phi) is 6.59. The summed E-state index contributed by atoms with van der Waals surface area (Å²) in [4.78, 5) is 22.7. The van der Waals surface area contributed by atoms with Gasteiger partial charge in [0.1, 0.15) is 23.3 Å². The SMILES string of the molecule is CC(O)COc1cccc2oc(C(=O)O)cc(=O)c12.CCC. The number of fused-ring (bicyclic) bond motifs is 1. The van der Waals surface area contributed by atoms with Gasteiger partial charge in [-0.3, -0.25) is 4.79 Å². The molecule has 0 aliphatic carbocycles. The van der Waals surface area contributed by atoms with Crippen LogP contribution < -0.4 is 10.2 Å². The van der Waals surface area contributed by atoms with E-state index in [9.17, 15) is 9.59 Å². The van der Waals surface area contributed by atoms with E-state index in [-0.39, 0.29) is 23.3 Å². The number of carboxylic acid groups (broad SMARTS) is 1. The zero-order chi connectivity index (χ0) is 16.7. The fraction of sp³-hybridized carbons (Fsp3) is 0.375. The van der Waals surface area contributed by atoms with Crippen LogP contribution in [0.2, 0.25) is 0 Å². The highest BCUT2D eigenvalue weighted by molar-refractivity contribution is 5.89. The molecule has 0 aliphatic heterocycles. The van der Waals surface area contributed by atoms with E-state index in [1.54, 1.807) is 19.1 Å². The highest BCUT2D eigenvalue weighted by Crippen LogP contribution is 2.23. The summed E-state index contributed by atoms with van der Waals surface area (Å²) in [6.07, 6.45) is 0.570. The molecule has 0 aliphatic rings. The monoisotopic (exact) mass is 308 g/mol. The van der Waals surface area contributed by atoms with E-state index in [0.29, 0.717) is 0 Å². The maximum absolute atomic E-state index is 11.9. The van der Waals surface area contributed by atoms with Crippen LogP contribution in [0.5, 0.6) is 5.75 Å². The van der Waals surface area contributed by atoms with Crippen molar-refractivity contribution >= 4 is 16.9 Å². The lowest BCUT2D eigenvalue weighted by Gasteiger charge is -2.10. The molecule has 0 saturated heterocycles. The van der Waals surface area contributed by atoms with Crippen molar-refractivity contribution in [1.29, 1.82) is 0 Å². The molecule has 1 aromatic carbocycles. The predicted octanol–water partition coefficient (Wildman–Crippen LogP) is 2.67. The molecule has 2 aromatic rings. The van der Waals surface area contributed by atoms with Crippen LogP contribution in [0.15, 0.2) is 33.5 Å². The molecule has 0 amide bonds. The normalized spacial score (nSPS) is 11.5. The molecule has 0 bridgehead atoms. The minimum atomic E-state index is -1.31. The van der Waals surface area contributed by atoms with Gasteiger partial charge in [0, 0.05) is 6.07 Å². The molecule has 22 heavy (non-hydrogen) atoms. The number of aliphatic hydroxyl groups excluding tert-OH is 1. The standard InChI is InChI=1S/C13H12O6.C3H8/c1-7(14)6-18-9-3-2-4-10-12(9)8(15)5-11(19-10)13(16)17;1-3-2/h2-5,7,14H,6H2,1H3,(H,16,17);3H2,1-2H3. The fourth-order valence-corrected chi connectivity index (χ4v) is 1.61. The van der Waals surface area contributed by atoms with Crippen LogP contribution in [-0.2, 0) is 0 Å². The van der Waals surface area contributed by atoms with Crippen LogP contribution in [0.1, 0.15) is 37.7 Å². The average molecular weight is 308 g/mol. The molecule has 6 nitrogen and oxygen atoms in total. The Morgan fingerprint density at radius 1 is 1.36 bits per heavy atom. The third-order valence-electron chi connectivity index (χ3n) is 2.41. The van der Waals surface area contributed by atoms with Crippen LogP contribution in [0.4, 0.5) is 0 Å². The third kappa shape index (κ3) is 4.60. The summed E-state index contributed by atoms with van der Waals surface area (Å²) in [7, 11) is 0. The second-order valence-electron chi connectivity index (χ2n) is 4.78. The summed E-state index contributed by atoms with van der Waals surface area (Å²) in [5, 5.41) is 18.1. The third-order valence-corrected chi connectivity index (χ3v) is 2.41. The number of aliphatic hydroxyl groups is 1. The first-order valence-corrected chi connectivity index (χ1v) is 7.01. The van der Waals surface area contributed by atoms with Gasteiger partial charge in [-0.25, -0.2) is 4.79 Å². The molecule has 1 aromatic heterocycles. The minimum Gasteiger partial charge on any atom is -0.490 e. The van der Waals surface area contributed by atoms with Gasteiger partial charge in [0.05, 0.1) is 6.10 Å². The molecule has 6 heteroatoms. The predicted molar refractivity (Wildman–Crippen MR) is 82.6 cm³/mol. The Balaban J connectivity index is 0.000000745. The molecule has 2 N–H and O–H groups in total. The van der Waals surface area contributed by atoms with Crippen LogP contribution in [0.25, 0.3) is 11.0 Å². The first kappa shape index (κ1) is 17.7. The lowest BCUT2D eigenvalue weighted by atomic mass is 10.2. The highest BCUT2D eigenvalue weighted by Gasteiger charge is 2.14. The first-order chi connectivity index (χ1) is 10.4. The molecule has 120 valence electrons. The number of carbonyl (C=O) groups is 1. The molecule has 1 unspecified atom stereocenters. The Morgan fingerprint density at radius 3 is 2.55 bits per heavy atom. The Morgan fingerprint density at radius 2 is 2.00 bits per heavy atom. The molecular weight excluding hydrogens is 288 g/mol. The van der Waals surface area contributed by atoms with Crippen molar-refractivity contribution in [2.24, 2.45) is 0 Å². The Bertz CT molecular complexity index is 687. The second kappa shape index (κ2) is 8.19. The first-order valence-electron chi connectivity index (χ1n) is 7.01. The number of ether oxygens (including phenoxy) is 1. The molecule has 1 heterocycles. The second-order valence-corrected chi connectivity index (χ2v) is 4.78. The quantitative estimate of drug-likeness (QED) is 0.901. The van der Waals surface area contributed by atoms with E-state index in [1.807, 2.05) is 0 Å². The number of rotatable bonds is 4. The number of hydrogen-bond donors (Lipinski definition) is 2. The van der Waals surface area contributed by atoms with E-state index in [1.165, 1.54) is 12.5 Å². The number of benzene rings is 1. The smallest absolute Gasteiger partial charge is 0.371 e. The average Bonchev–Trinajstić information content (AvgIpc) is 2.45. The van der Waals surface area contributed by atoms with Crippen molar-refractivity contribution in [2.75, 3.05) is 6.61 Å². The number of hydrogen-bond acceptors (Lipinski definition) is 5. The highest BCUT2D eigenvalue weighted by atomic mass is 16.5. The van der Waals surface area contributed by atoms with Crippen LogP contribution in [0.3, 0.4) is 0 Å². The number of carboxylic acids is 1. The summed E-state index contributed by atoms with van der Waals surface area (Å²) >= 11 is 0. The van der Waals surface area contributed by atoms with Crippen molar-refractivity contribution in [3.05, 3.63) is 40.2 Å². The lowest BCUT2D eigenvalue weighted by Crippen LogP contribution is -2.14. The van der Waals surface area contributed by atoms with Gasteiger partial charge >= 0.3 is 5.97 Å². The van der Waals surface area contributed by atoms with Gasteiger partial charge < -0.3 is 19.4 Å². The van der Waals surface area contributed by atoms with E-state index < -0.39 is 23.3 Å². The maximum atomic E-state index is 11.9. The van der Waals surface area contributed by atoms with Crippen molar-refractivity contribution < 1.29 is 24.2 Å². The van der Waals surface area contributed by atoms with Gasteiger partial charge in [-0.15, -0.1) is 0 Å². The summed E-state index contributed by atoms with van der Waals surface area (Å²) in [5.74, 6) is -1.48. The van der Waals surface area contributed by atoms with Crippen molar-refractivity contribution in [2.45, 2.75) is 33.3 Å². The molecule has 2 rings (SSSR count). The molecule has 0 fully saturated rings. The van der Waals surface area contributed by atoms with Crippen LogP contribution in [-0.4, -0.2) is 28.9 Å². The van der Waals surface area contributed by atoms with E-state index in [4.69, 9.17) is 19.4 Å². The zero-order valence-electron chi connectivity index (χ0n) is 12.8. The zero-order valence-corrected chi connectivity index (χ0v) is 12.8. The van der Waals surface area contributed by atoms with E-state index in [2.05, 4.69) is 13.8 Å². The van der Waals surface area contributed by atoms with Gasteiger partial charge in [0.15, 0.2) is 5.43 Å². The molecule has 0 radical (unpaired) electrons. The molecule has 1 atom stereocenters. The van der Waals surface area contributed by atoms with Crippen LogP contribution >= 0.6 is 0 Å². The lowest BCUT2D eigenvalue weighted by molar-refractivity contribution is 0.0663. The maximum Gasteiger partial charge on any atom is 0.371 e. The van der Waals surface area contributed by atoms with Gasteiger partial charge in [0.25, 0.3) is 0 Å². The summed E-state index contributed by atoms with van der Waals surface area (Å²) in [5.41, 5.74) is -0.368. The van der Waals surface area contributed by atoms with E-state index in [0.717, 1.165) is 6.07 Å². The molecule has 0 saturated carbocycles. The summed E-state index contributed by atoms with van der Waals surface area (Å²) in [6, 6.07) is 5.52. The molecular formula is C16H20O6. The fourth-order valence-electron chi connectivity index (χ4n) is 1.61. The van der Waals surface area contributed by atoms with Gasteiger partial charge in [0.2, 0.25) is 5.76 Å². The van der Waals surface area contributed by atoms with Gasteiger partial charge in [-0.1, -0.05) is 26.3 Å². The summed E-state index contributed by atoms with van der Waals surface area (Å²) in [6.45, 7) is 5.83. The van der Waals surface area contributed by atoms with Gasteiger partial charge in [-0.05, 0) is 19.1 Å². The topological polar surface area (TPSA) is 97.0 Å². The van der Waals surface area contributed by atoms with E-state index >= 15 is 0 Å². The Labute approximate surface area is 128 Å². The Hall–Kier alpha value is -2.34. The van der Waals surface area contributed by atoms with Crippen molar-refractivity contribution in [3.63, 3.8) is 0 Å². The van der Waals surface area contributed by atoms with Crippen molar-refractivity contribution in [1.82, 2.24) is 0 Å². The summed E-state index contributed by atoms with van der Waals surface area (Å²) < 4.78 is 10.4. The number of aromatic carboxylic acids is 1. The van der Waals surface area contributed by atoms with Gasteiger partial charge in [-0.2, -0.15) is 0 Å².